The molecule has 0 bridgehead atoms. The molecule has 0 aromatic carbocycles. The van der Waals surface area contributed by atoms with Gasteiger partial charge in [0.2, 0.25) is 0 Å². The Balaban J connectivity index is 3.65. The summed E-state index contributed by atoms with van der Waals surface area (Å²) in [5, 5.41) is 22.4. The monoisotopic (exact) mass is 230 g/mol. The Morgan fingerprint density at radius 3 is 2.62 bits per heavy atom. The Hall–Kier alpha value is -1.56. The summed E-state index contributed by atoms with van der Waals surface area (Å²) >= 11 is 0. The molecule has 0 aliphatic carbocycles. The molecule has 0 rings (SSSR count). The van der Waals surface area contributed by atoms with Crippen molar-refractivity contribution in [2.24, 2.45) is 0 Å². The average molecular weight is 230 g/mol. The lowest BCUT2D eigenvalue weighted by Crippen LogP contribution is -2.41. The molecular formula is C10H18N2O4. The molecule has 6 nitrogen and oxygen atoms in total. The second-order valence-electron chi connectivity index (χ2n) is 3.47. The van der Waals surface area contributed by atoms with Gasteiger partial charge >= 0.3 is 12.0 Å². The highest BCUT2D eigenvalue weighted by molar-refractivity contribution is 5.74. The number of aliphatic carboxylic acids is 1. The normalized spacial score (nSPS) is 13.6. The van der Waals surface area contributed by atoms with E-state index in [4.69, 9.17) is 10.2 Å². The summed E-state index contributed by atoms with van der Waals surface area (Å²) in [4.78, 5) is 21.4. The highest BCUT2D eigenvalue weighted by Crippen LogP contribution is 1.91. The maximum Gasteiger partial charge on any atom is 0.332 e. The molecule has 0 fully saturated rings. The molecule has 0 saturated heterocycles. The van der Waals surface area contributed by atoms with Gasteiger partial charge in [0.1, 0.15) is 0 Å². The predicted octanol–water partition coefficient (Wildman–Crippen LogP) is 0.0858. The van der Waals surface area contributed by atoms with Gasteiger partial charge in [-0.2, -0.15) is 0 Å². The number of rotatable bonds is 7. The molecular weight excluding hydrogens is 212 g/mol. The van der Waals surface area contributed by atoms with Crippen LogP contribution in [0.25, 0.3) is 0 Å². The summed E-state index contributed by atoms with van der Waals surface area (Å²) in [6.07, 6.45) is 0.897. The Labute approximate surface area is 94.3 Å². The molecule has 92 valence electrons. The number of carbonyl (C=O) groups excluding carboxylic acids is 1. The third-order valence-electron chi connectivity index (χ3n) is 1.89. The fraction of sp³-hybridized carbons (Fsp3) is 0.600. The van der Waals surface area contributed by atoms with Crippen LogP contribution in [0.3, 0.4) is 0 Å². The van der Waals surface area contributed by atoms with Crippen LogP contribution in [0, 0.1) is 0 Å². The quantitative estimate of drug-likeness (QED) is 0.466. The zero-order chi connectivity index (χ0) is 12.6. The fourth-order valence-corrected chi connectivity index (χ4v) is 1.03. The molecule has 1 unspecified atom stereocenters. The molecule has 6 heteroatoms. The van der Waals surface area contributed by atoms with E-state index in [1.54, 1.807) is 6.08 Å². The Morgan fingerprint density at radius 1 is 1.50 bits per heavy atom. The van der Waals surface area contributed by atoms with E-state index in [-0.39, 0.29) is 25.0 Å². The summed E-state index contributed by atoms with van der Waals surface area (Å²) in [5.74, 6) is -1.29. The molecule has 2 atom stereocenters. The van der Waals surface area contributed by atoms with E-state index in [2.05, 4.69) is 17.2 Å². The summed E-state index contributed by atoms with van der Waals surface area (Å²) in [6, 6.07) is -0.408. The molecule has 0 radical (unpaired) electrons. The fourth-order valence-electron chi connectivity index (χ4n) is 1.03. The summed E-state index contributed by atoms with van der Waals surface area (Å²) in [6.45, 7) is 5.48. The number of carbonyl (C=O) groups is 2. The van der Waals surface area contributed by atoms with Crippen LogP contribution >= 0.6 is 0 Å². The summed E-state index contributed by atoms with van der Waals surface area (Å²) in [7, 11) is 0. The van der Waals surface area contributed by atoms with Crippen LogP contribution in [0.1, 0.15) is 19.8 Å². The average Bonchev–Trinajstić information content (AvgIpc) is 2.17. The summed E-state index contributed by atoms with van der Waals surface area (Å²) < 4.78 is 0. The van der Waals surface area contributed by atoms with Crippen LogP contribution in [0.15, 0.2) is 12.7 Å². The van der Waals surface area contributed by atoms with Gasteiger partial charge in [-0.05, 0) is 13.3 Å². The highest BCUT2D eigenvalue weighted by atomic mass is 16.4. The minimum absolute atomic E-state index is 0.0153. The van der Waals surface area contributed by atoms with Gasteiger partial charge in [0.05, 0.1) is 0 Å². The first-order chi connectivity index (χ1) is 7.47. The number of urea groups is 1. The van der Waals surface area contributed by atoms with Crippen molar-refractivity contribution in [3.63, 3.8) is 0 Å². The maximum atomic E-state index is 11.2. The van der Waals surface area contributed by atoms with Crippen molar-refractivity contribution < 1.29 is 19.8 Å². The minimum atomic E-state index is -1.44. The molecule has 0 aromatic rings. The molecule has 0 aromatic heterocycles. The van der Waals surface area contributed by atoms with Crippen LogP contribution in [0.2, 0.25) is 0 Å². The third-order valence-corrected chi connectivity index (χ3v) is 1.89. The van der Waals surface area contributed by atoms with E-state index in [9.17, 15) is 9.59 Å². The van der Waals surface area contributed by atoms with Crippen LogP contribution in [0.4, 0.5) is 4.79 Å². The van der Waals surface area contributed by atoms with Gasteiger partial charge in [0.25, 0.3) is 0 Å². The number of aliphatic hydroxyl groups excluding tert-OH is 1. The number of aliphatic hydroxyl groups is 1. The SMILES string of the molecule is C=CCC(C)NC(=O)NCC[C@H](O)C(=O)O. The molecule has 4 N–H and O–H groups in total. The van der Waals surface area contributed by atoms with E-state index in [0.29, 0.717) is 6.42 Å². The predicted molar refractivity (Wildman–Crippen MR) is 59.1 cm³/mol. The number of carboxylic acid groups (broad SMARTS) is 1. The van der Waals surface area contributed by atoms with Crippen molar-refractivity contribution in [1.82, 2.24) is 10.6 Å². The zero-order valence-electron chi connectivity index (χ0n) is 9.27. The van der Waals surface area contributed by atoms with E-state index >= 15 is 0 Å². The number of hydrogen-bond donors (Lipinski definition) is 4. The summed E-state index contributed by atoms with van der Waals surface area (Å²) in [5.41, 5.74) is 0. The van der Waals surface area contributed by atoms with Crippen LogP contribution in [0.5, 0.6) is 0 Å². The number of amides is 2. The van der Waals surface area contributed by atoms with Crippen molar-refractivity contribution in [3.8, 4) is 0 Å². The maximum absolute atomic E-state index is 11.2. The molecule has 0 saturated carbocycles. The highest BCUT2D eigenvalue weighted by Gasteiger charge is 2.13. The lowest BCUT2D eigenvalue weighted by Gasteiger charge is -2.13. The third kappa shape index (κ3) is 6.83. The van der Waals surface area contributed by atoms with Gasteiger partial charge in [0, 0.05) is 19.0 Å². The second kappa shape index (κ2) is 7.70. The van der Waals surface area contributed by atoms with Gasteiger partial charge in [-0.1, -0.05) is 6.08 Å². The van der Waals surface area contributed by atoms with E-state index in [1.165, 1.54) is 0 Å². The number of nitrogens with one attached hydrogen (secondary N) is 2. The second-order valence-corrected chi connectivity index (χ2v) is 3.47. The van der Waals surface area contributed by atoms with Crippen LogP contribution < -0.4 is 10.6 Å². The van der Waals surface area contributed by atoms with Crippen molar-refractivity contribution in [3.05, 3.63) is 12.7 Å². The van der Waals surface area contributed by atoms with Crippen molar-refractivity contribution in [2.75, 3.05) is 6.54 Å². The van der Waals surface area contributed by atoms with Crippen molar-refractivity contribution in [1.29, 1.82) is 0 Å². The van der Waals surface area contributed by atoms with E-state index in [1.807, 2.05) is 6.92 Å². The van der Waals surface area contributed by atoms with Gasteiger partial charge in [0.15, 0.2) is 6.10 Å². The molecule has 2 amide bonds. The van der Waals surface area contributed by atoms with E-state index in [0.717, 1.165) is 0 Å². The lowest BCUT2D eigenvalue weighted by molar-refractivity contribution is -0.146. The Kier molecular flexibility index (Phi) is 6.95. The molecule has 0 aliphatic rings. The lowest BCUT2D eigenvalue weighted by atomic mass is 10.2. The molecule has 0 aliphatic heterocycles. The molecule has 0 heterocycles. The first-order valence-electron chi connectivity index (χ1n) is 5.03. The Bertz CT molecular complexity index is 255. The minimum Gasteiger partial charge on any atom is -0.479 e. The van der Waals surface area contributed by atoms with Gasteiger partial charge in [-0.3, -0.25) is 0 Å². The van der Waals surface area contributed by atoms with Gasteiger partial charge < -0.3 is 20.8 Å². The standard InChI is InChI=1S/C10H18N2O4/c1-3-4-7(2)12-10(16)11-6-5-8(13)9(14)15/h3,7-8,13H,1,4-6H2,2H3,(H,14,15)(H2,11,12,16)/t7?,8-/m0/s1. The number of carboxylic acids is 1. The molecule has 0 spiro atoms. The largest absolute Gasteiger partial charge is 0.479 e. The Morgan fingerprint density at radius 2 is 2.12 bits per heavy atom. The molecule has 16 heavy (non-hydrogen) atoms. The smallest absolute Gasteiger partial charge is 0.332 e. The van der Waals surface area contributed by atoms with Crippen molar-refractivity contribution >= 4 is 12.0 Å². The van der Waals surface area contributed by atoms with Crippen LogP contribution in [-0.4, -0.2) is 40.9 Å². The van der Waals surface area contributed by atoms with Crippen molar-refractivity contribution in [2.45, 2.75) is 31.9 Å². The topological polar surface area (TPSA) is 98.7 Å². The van der Waals surface area contributed by atoms with Gasteiger partial charge in [-0.15, -0.1) is 6.58 Å². The zero-order valence-corrected chi connectivity index (χ0v) is 9.27. The van der Waals surface area contributed by atoms with Crippen LogP contribution in [-0.2, 0) is 4.79 Å². The number of hydrogen-bond acceptors (Lipinski definition) is 3. The van der Waals surface area contributed by atoms with Gasteiger partial charge in [-0.25, -0.2) is 9.59 Å². The first kappa shape index (κ1) is 14.4. The first-order valence-corrected chi connectivity index (χ1v) is 5.03. The van der Waals surface area contributed by atoms with E-state index < -0.39 is 12.1 Å².